The number of quaternary nitrogens is 1. The van der Waals surface area contributed by atoms with Crippen molar-refractivity contribution in [3.05, 3.63) is 85.1 Å². The molecule has 0 aliphatic carbocycles. The average molecular weight is 1240 g/mol. The lowest BCUT2D eigenvalue weighted by Crippen LogP contribution is -2.45. The summed E-state index contributed by atoms with van der Waals surface area (Å²) in [6, 6.07) is -0.874. The summed E-state index contributed by atoms with van der Waals surface area (Å²) in [5.41, 5.74) is 0. The molecule has 0 spiro atoms. The monoisotopic (exact) mass is 1240 g/mol. The van der Waals surface area contributed by atoms with Crippen molar-refractivity contribution in [3.8, 4) is 0 Å². The van der Waals surface area contributed by atoms with Crippen LogP contribution in [0.15, 0.2) is 85.1 Å². The molecule has 9 heteroatoms. The molecule has 508 valence electrons. The number of allylic oxidation sites excluding steroid dienone is 13. The minimum Gasteiger partial charge on any atom is -0.387 e. The zero-order valence-corrected chi connectivity index (χ0v) is 59.2. The first kappa shape index (κ1) is 84.7. The summed E-state index contributed by atoms with van der Waals surface area (Å²) in [7, 11) is 1.55. The van der Waals surface area contributed by atoms with Crippen molar-refractivity contribution in [2.75, 3.05) is 40.9 Å². The quantitative estimate of drug-likeness (QED) is 0.0243. The minimum absolute atomic E-state index is 0.0527. The number of phosphoric acid groups is 1. The molecule has 0 aliphatic rings. The van der Waals surface area contributed by atoms with Gasteiger partial charge in [0.1, 0.15) is 13.2 Å². The van der Waals surface area contributed by atoms with Crippen LogP contribution in [-0.4, -0.2) is 73.4 Å². The SMILES string of the molecule is CC/C=C\C/C=C\C/C=C\C/C=C\CCCCCCCCCCCCCCCCCCCCCCCCC(=O)NC(COP(=O)(O)OCC[N+](C)(C)C)C(O)/C=C/CC/C=C/CC/C=C/CCCCCCCCCCCCCCCCCCCCCC. The number of amides is 1. The number of unbranched alkanes of at least 4 members (excludes halogenated alkanes) is 44. The predicted molar refractivity (Wildman–Crippen MR) is 383 cm³/mol. The Labute approximate surface area is 541 Å². The molecule has 0 radical (unpaired) electrons. The first-order chi connectivity index (χ1) is 42.5. The number of carbonyl (C=O) groups is 1. The summed E-state index contributed by atoms with van der Waals surface area (Å²) in [6.45, 7) is 4.72. The molecule has 3 N–H and O–H groups in total. The van der Waals surface area contributed by atoms with Crippen LogP contribution in [0.3, 0.4) is 0 Å². The number of nitrogens with one attached hydrogen (secondary N) is 1. The Hall–Kier alpha value is -2.32. The van der Waals surface area contributed by atoms with E-state index in [2.05, 4.69) is 92.1 Å². The van der Waals surface area contributed by atoms with Crippen molar-refractivity contribution in [2.45, 2.75) is 366 Å². The van der Waals surface area contributed by atoms with E-state index in [-0.39, 0.29) is 19.1 Å². The second-order valence-electron chi connectivity index (χ2n) is 26.6. The third kappa shape index (κ3) is 71.0. The Bertz CT molecular complexity index is 1700. The highest BCUT2D eigenvalue weighted by atomic mass is 31.2. The number of hydrogen-bond acceptors (Lipinski definition) is 5. The van der Waals surface area contributed by atoms with Crippen molar-refractivity contribution in [2.24, 2.45) is 0 Å². The van der Waals surface area contributed by atoms with Gasteiger partial charge in [-0.05, 0) is 83.5 Å². The number of hydrogen-bond donors (Lipinski definition) is 3. The molecule has 1 amide bonds. The number of carbonyl (C=O) groups excluding carboxylic acids is 1. The molecular formula is C78H146N2O6P+. The molecule has 0 fully saturated rings. The molecule has 0 saturated heterocycles. The normalized spacial score (nSPS) is 14.1. The molecule has 0 aromatic rings. The molecular weight excluding hydrogens is 1090 g/mol. The standard InChI is InChI=1S/C78H145N2O6P/c1-6-8-10-12-14-16-18-20-22-24-26-28-30-32-34-36-38-39-40-41-42-44-46-48-50-52-54-56-58-60-62-64-66-68-70-72-78(82)79-76(75-86-87(83,84)85-74-73-80(3,4)5)77(81)71-69-67-65-63-61-59-57-55-53-51-49-47-45-43-37-35-33-31-29-27-25-23-21-19-17-15-13-11-9-7-2/h8,10,14,16,20,22,26,28,53,55,61,63,69,71,76-77,81H,6-7,9,11-13,15,17-19,21,23-25,27,29-52,54,56-60,62,64-68,70,72-75H2,1-5H3,(H-,79,82,83,84)/p+1/b10-8-,16-14-,22-20-,28-26-,55-53+,63-61+,71-69+. The van der Waals surface area contributed by atoms with E-state index in [1.54, 1.807) is 6.08 Å². The van der Waals surface area contributed by atoms with E-state index in [9.17, 15) is 19.4 Å². The molecule has 0 rings (SSSR count). The van der Waals surface area contributed by atoms with Crippen LogP contribution in [-0.2, 0) is 18.4 Å². The van der Waals surface area contributed by atoms with Crippen LogP contribution in [0.25, 0.3) is 0 Å². The van der Waals surface area contributed by atoms with Gasteiger partial charge in [-0.2, -0.15) is 0 Å². The third-order valence-electron chi connectivity index (χ3n) is 16.8. The summed E-state index contributed by atoms with van der Waals surface area (Å²) < 4.78 is 23.8. The lowest BCUT2D eigenvalue weighted by molar-refractivity contribution is -0.870. The Morgan fingerprint density at radius 2 is 0.701 bits per heavy atom. The molecule has 0 aliphatic heterocycles. The zero-order valence-electron chi connectivity index (χ0n) is 58.3. The van der Waals surface area contributed by atoms with Gasteiger partial charge in [0.2, 0.25) is 5.91 Å². The van der Waals surface area contributed by atoms with Crippen molar-refractivity contribution >= 4 is 13.7 Å². The largest absolute Gasteiger partial charge is 0.472 e. The summed E-state index contributed by atoms with van der Waals surface area (Å²) in [4.78, 5) is 23.4. The highest BCUT2D eigenvalue weighted by Crippen LogP contribution is 2.43. The van der Waals surface area contributed by atoms with E-state index < -0.39 is 20.0 Å². The number of aliphatic hydroxyl groups excluding tert-OH is 1. The van der Waals surface area contributed by atoms with Gasteiger partial charge < -0.3 is 19.8 Å². The fraction of sp³-hybridized carbons (Fsp3) is 0.808. The van der Waals surface area contributed by atoms with Gasteiger partial charge in [-0.25, -0.2) is 4.57 Å². The van der Waals surface area contributed by atoms with Crippen molar-refractivity contribution < 1.29 is 32.9 Å². The van der Waals surface area contributed by atoms with Crippen LogP contribution in [0.5, 0.6) is 0 Å². The fourth-order valence-corrected chi connectivity index (χ4v) is 11.8. The first-order valence-corrected chi connectivity index (χ1v) is 39.0. The summed E-state index contributed by atoms with van der Waals surface area (Å²) in [6.07, 6.45) is 97.6. The lowest BCUT2D eigenvalue weighted by Gasteiger charge is -2.25. The average Bonchev–Trinajstić information content (AvgIpc) is 3.70. The summed E-state index contributed by atoms with van der Waals surface area (Å²) >= 11 is 0. The van der Waals surface area contributed by atoms with Gasteiger partial charge in [-0.3, -0.25) is 13.8 Å². The van der Waals surface area contributed by atoms with Gasteiger partial charge >= 0.3 is 7.82 Å². The second kappa shape index (κ2) is 68.1. The van der Waals surface area contributed by atoms with Gasteiger partial charge in [-0.1, -0.05) is 349 Å². The van der Waals surface area contributed by atoms with Gasteiger partial charge in [0.25, 0.3) is 0 Å². The molecule has 0 aromatic heterocycles. The third-order valence-corrected chi connectivity index (χ3v) is 17.8. The van der Waals surface area contributed by atoms with E-state index in [4.69, 9.17) is 9.05 Å². The van der Waals surface area contributed by atoms with E-state index in [1.165, 1.54) is 263 Å². The Balaban J connectivity index is 4.05. The van der Waals surface area contributed by atoms with Crippen LogP contribution in [0.1, 0.15) is 354 Å². The molecule has 3 atom stereocenters. The van der Waals surface area contributed by atoms with Crippen molar-refractivity contribution in [1.29, 1.82) is 0 Å². The van der Waals surface area contributed by atoms with E-state index in [0.717, 1.165) is 70.6 Å². The number of likely N-dealkylation sites (N-methyl/N-ethyl adjacent to an activating group) is 1. The highest BCUT2D eigenvalue weighted by Gasteiger charge is 2.28. The molecule has 0 saturated carbocycles. The smallest absolute Gasteiger partial charge is 0.387 e. The van der Waals surface area contributed by atoms with Gasteiger partial charge in [-0.15, -0.1) is 0 Å². The van der Waals surface area contributed by atoms with E-state index >= 15 is 0 Å². The molecule has 87 heavy (non-hydrogen) atoms. The Morgan fingerprint density at radius 1 is 0.402 bits per heavy atom. The maximum absolute atomic E-state index is 13.1. The van der Waals surface area contributed by atoms with Gasteiger partial charge in [0.15, 0.2) is 0 Å². The van der Waals surface area contributed by atoms with Crippen LogP contribution in [0.2, 0.25) is 0 Å². The minimum atomic E-state index is -4.37. The molecule has 8 nitrogen and oxygen atoms in total. The lowest BCUT2D eigenvalue weighted by atomic mass is 10.0. The molecule has 3 unspecified atom stereocenters. The zero-order chi connectivity index (χ0) is 63.4. The van der Waals surface area contributed by atoms with E-state index in [1.807, 2.05) is 27.2 Å². The maximum atomic E-state index is 13.1. The maximum Gasteiger partial charge on any atom is 0.472 e. The molecule has 0 heterocycles. The fourth-order valence-electron chi connectivity index (χ4n) is 11.1. The van der Waals surface area contributed by atoms with Crippen LogP contribution < -0.4 is 5.32 Å². The number of phosphoric ester groups is 1. The Morgan fingerprint density at radius 3 is 1.06 bits per heavy atom. The van der Waals surface area contributed by atoms with Crippen molar-refractivity contribution in [1.82, 2.24) is 5.32 Å². The molecule has 0 aromatic carbocycles. The van der Waals surface area contributed by atoms with Gasteiger partial charge in [0.05, 0.1) is 39.9 Å². The predicted octanol–water partition coefficient (Wildman–Crippen LogP) is 24.3. The number of aliphatic hydroxyl groups is 1. The van der Waals surface area contributed by atoms with E-state index in [0.29, 0.717) is 17.4 Å². The molecule has 0 bridgehead atoms. The van der Waals surface area contributed by atoms with Crippen molar-refractivity contribution in [3.63, 3.8) is 0 Å². The Kier molecular flexibility index (Phi) is 66.2. The number of nitrogens with zero attached hydrogens (tertiary/aromatic N) is 1. The highest BCUT2D eigenvalue weighted by molar-refractivity contribution is 7.47. The van der Waals surface area contributed by atoms with Crippen LogP contribution in [0, 0.1) is 0 Å². The van der Waals surface area contributed by atoms with Crippen LogP contribution >= 0.6 is 7.82 Å². The summed E-state index contributed by atoms with van der Waals surface area (Å²) in [5, 5.41) is 14.0. The number of rotatable bonds is 69. The second-order valence-corrected chi connectivity index (χ2v) is 28.1. The van der Waals surface area contributed by atoms with Crippen LogP contribution in [0.4, 0.5) is 0 Å². The summed E-state index contributed by atoms with van der Waals surface area (Å²) in [5.74, 6) is -0.186. The topological polar surface area (TPSA) is 105 Å². The first-order valence-electron chi connectivity index (χ1n) is 37.5. The van der Waals surface area contributed by atoms with Gasteiger partial charge in [0, 0.05) is 6.42 Å².